The highest BCUT2D eigenvalue weighted by atomic mass is 16.1. The molecule has 2 nitrogen and oxygen atoms in total. The molecular formula is C10H9NO. The molecular weight excluding hydrogens is 150 g/mol. The topological polar surface area (TPSA) is 29.1 Å². The molecule has 1 aromatic carbocycles. The summed E-state index contributed by atoms with van der Waals surface area (Å²) in [6, 6.07) is 8.97. The van der Waals surface area contributed by atoms with Gasteiger partial charge in [-0.1, -0.05) is 24.8 Å². The summed E-state index contributed by atoms with van der Waals surface area (Å²) in [5.41, 5.74) is 3.09. The van der Waals surface area contributed by atoms with E-state index in [1.165, 1.54) is 6.20 Å². The molecule has 0 unspecified atom stereocenters. The molecule has 0 saturated carbocycles. The summed E-state index contributed by atoms with van der Waals surface area (Å²) in [7, 11) is 0. The summed E-state index contributed by atoms with van der Waals surface area (Å²) in [6.45, 7) is 3.33. The zero-order valence-electron chi connectivity index (χ0n) is 6.58. The Morgan fingerprint density at radius 3 is 2.67 bits per heavy atom. The predicted molar refractivity (Wildman–Crippen MR) is 47.6 cm³/mol. The number of rotatable bonds is 2. The highest BCUT2D eigenvalue weighted by Gasteiger charge is 1.99. The fourth-order valence-electron chi connectivity index (χ4n) is 0.789. The minimum atomic E-state index is -0.147. The van der Waals surface area contributed by atoms with E-state index in [-0.39, 0.29) is 5.91 Å². The van der Waals surface area contributed by atoms with E-state index in [1.54, 1.807) is 12.1 Å². The van der Waals surface area contributed by atoms with Crippen molar-refractivity contribution in [3.05, 3.63) is 54.4 Å². The third kappa shape index (κ3) is 2.11. The van der Waals surface area contributed by atoms with E-state index in [0.29, 0.717) is 5.56 Å². The zero-order chi connectivity index (χ0) is 8.81. The van der Waals surface area contributed by atoms with Gasteiger partial charge in [-0.3, -0.25) is 4.79 Å². The molecule has 1 N–H and O–H groups in total. The van der Waals surface area contributed by atoms with Crippen LogP contribution in [0.25, 0.3) is 0 Å². The van der Waals surface area contributed by atoms with Crippen LogP contribution >= 0.6 is 0 Å². The summed E-state index contributed by atoms with van der Waals surface area (Å²) < 4.78 is 0. The molecule has 12 heavy (non-hydrogen) atoms. The first-order valence-electron chi connectivity index (χ1n) is 3.55. The quantitative estimate of drug-likeness (QED) is 0.654. The Balaban J connectivity index is 2.72. The Labute approximate surface area is 71.2 Å². The minimum Gasteiger partial charge on any atom is -0.322 e. The number of carbonyl (C=O) groups is 1. The third-order valence-electron chi connectivity index (χ3n) is 1.34. The van der Waals surface area contributed by atoms with Crippen LogP contribution in [0.5, 0.6) is 0 Å². The van der Waals surface area contributed by atoms with Gasteiger partial charge < -0.3 is 5.32 Å². The van der Waals surface area contributed by atoms with Gasteiger partial charge in [-0.2, -0.15) is 0 Å². The Hall–Kier alpha value is -1.79. The van der Waals surface area contributed by atoms with E-state index >= 15 is 0 Å². The summed E-state index contributed by atoms with van der Waals surface area (Å²) in [5.74, 6) is -0.147. The lowest BCUT2D eigenvalue weighted by Crippen LogP contribution is -2.16. The van der Waals surface area contributed by atoms with E-state index in [9.17, 15) is 4.79 Å². The predicted octanol–water partition coefficient (Wildman–Crippen LogP) is 1.71. The molecule has 0 radical (unpaired) electrons. The van der Waals surface area contributed by atoms with Crippen molar-refractivity contribution >= 4 is 5.91 Å². The van der Waals surface area contributed by atoms with Crippen LogP contribution < -0.4 is 5.32 Å². The second kappa shape index (κ2) is 4.16. The van der Waals surface area contributed by atoms with Crippen molar-refractivity contribution in [3.8, 4) is 0 Å². The van der Waals surface area contributed by atoms with Crippen molar-refractivity contribution in [2.24, 2.45) is 0 Å². The molecule has 2 heteroatoms. The Morgan fingerprint density at radius 1 is 1.42 bits per heavy atom. The fraction of sp³-hybridized carbons (Fsp3) is 0. The lowest BCUT2D eigenvalue weighted by Gasteiger charge is -1.96. The smallest absolute Gasteiger partial charge is 0.255 e. The van der Waals surface area contributed by atoms with Crippen LogP contribution in [-0.4, -0.2) is 5.91 Å². The largest absolute Gasteiger partial charge is 0.322 e. The molecule has 0 bridgehead atoms. The zero-order valence-corrected chi connectivity index (χ0v) is 6.58. The van der Waals surface area contributed by atoms with Crippen molar-refractivity contribution in [2.75, 3.05) is 0 Å². The van der Waals surface area contributed by atoms with Crippen LogP contribution in [0.15, 0.2) is 48.8 Å². The normalized spacial score (nSPS) is 8.33. The summed E-state index contributed by atoms with van der Waals surface area (Å²) in [6.07, 6.45) is 1.38. The molecule has 0 spiro atoms. The monoisotopic (exact) mass is 159 g/mol. The van der Waals surface area contributed by atoms with Crippen LogP contribution in [0, 0.1) is 0 Å². The molecule has 0 fully saturated rings. The van der Waals surface area contributed by atoms with Gasteiger partial charge in [-0.05, 0) is 12.1 Å². The lowest BCUT2D eigenvalue weighted by atomic mass is 10.2. The second-order valence-electron chi connectivity index (χ2n) is 2.19. The first-order valence-corrected chi connectivity index (χ1v) is 3.55. The molecule has 1 rings (SSSR count). The average molecular weight is 159 g/mol. The van der Waals surface area contributed by atoms with Gasteiger partial charge in [-0.15, -0.1) is 5.73 Å². The van der Waals surface area contributed by atoms with Gasteiger partial charge in [0.1, 0.15) is 0 Å². The van der Waals surface area contributed by atoms with Crippen LogP contribution in [0.3, 0.4) is 0 Å². The van der Waals surface area contributed by atoms with Crippen molar-refractivity contribution < 1.29 is 4.79 Å². The maximum absolute atomic E-state index is 11.2. The molecule has 0 heterocycles. The molecule has 0 aliphatic carbocycles. The molecule has 0 aliphatic rings. The standard InChI is InChI=1S/C10H9NO/c1-2-8-11-10(12)9-6-4-3-5-7-9/h3-8H,1H2,(H,11,12). The summed E-state index contributed by atoms with van der Waals surface area (Å²) in [5, 5.41) is 2.51. The highest BCUT2D eigenvalue weighted by molar-refractivity contribution is 5.94. The van der Waals surface area contributed by atoms with Gasteiger partial charge >= 0.3 is 0 Å². The Morgan fingerprint density at radius 2 is 2.08 bits per heavy atom. The molecule has 0 atom stereocenters. The van der Waals surface area contributed by atoms with Gasteiger partial charge in [0.15, 0.2) is 0 Å². The molecule has 0 saturated heterocycles. The number of benzene rings is 1. The molecule has 1 aromatic rings. The number of hydrogen-bond acceptors (Lipinski definition) is 1. The molecule has 0 aromatic heterocycles. The molecule has 1 amide bonds. The lowest BCUT2D eigenvalue weighted by molar-refractivity contribution is 0.0970. The van der Waals surface area contributed by atoms with Gasteiger partial charge in [0.05, 0.1) is 0 Å². The summed E-state index contributed by atoms with van der Waals surface area (Å²) >= 11 is 0. The van der Waals surface area contributed by atoms with Gasteiger partial charge in [0.2, 0.25) is 0 Å². The number of carbonyl (C=O) groups excluding carboxylic acids is 1. The molecule has 60 valence electrons. The minimum absolute atomic E-state index is 0.147. The van der Waals surface area contributed by atoms with Crippen molar-refractivity contribution in [1.82, 2.24) is 5.32 Å². The van der Waals surface area contributed by atoms with Gasteiger partial charge in [-0.25, -0.2) is 0 Å². The number of amides is 1. The van der Waals surface area contributed by atoms with Crippen molar-refractivity contribution in [1.29, 1.82) is 0 Å². The van der Waals surface area contributed by atoms with E-state index in [4.69, 9.17) is 0 Å². The van der Waals surface area contributed by atoms with Crippen molar-refractivity contribution in [2.45, 2.75) is 0 Å². The van der Waals surface area contributed by atoms with Crippen LogP contribution in [-0.2, 0) is 0 Å². The fourth-order valence-corrected chi connectivity index (χ4v) is 0.789. The van der Waals surface area contributed by atoms with E-state index in [1.807, 2.05) is 18.2 Å². The average Bonchev–Trinajstić information content (AvgIpc) is 2.15. The van der Waals surface area contributed by atoms with Gasteiger partial charge in [0, 0.05) is 11.8 Å². The van der Waals surface area contributed by atoms with Crippen LogP contribution in [0.4, 0.5) is 0 Å². The second-order valence-corrected chi connectivity index (χ2v) is 2.19. The Bertz CT molecular complexity index is 310. The van der Waals surface area contributed by atoms with Gasteiger partial charge in [0.25, 0.3) is 5.91 Å². The highest BCUT2D eigenvalue weighted by Crippen LogP contribution is 1.96. The number of nitrogens with one attached hydrogen (secondary N) is 1. The maximum atomic E-state index is 11.2. The van der Waals surface area contributed by atoms with Crippen LogP contribution in [0.1, 0.15) is 10.4 Å². The van der Waals surface area contributed by atoms with Crippen molar-refractivity contribution in [3.63, 3.8) is 0 Å². The maximum Gasteiger partial charge on any atom is 0.255 e. The summed E-state index contributed by atoms with van der Waals surface area (Å²) in [4.78, 5) is 11.2. The SMILES string of the molecule is C=C=CNC(=O)c1ccccc1. The van der Waals surface area contributed by atoms with E-state index in [0.717, 1.165) is 0 Å². The van der Waals surface area contributed by atoms with Crippen LogP contribution in [0.2, 0.25) is 0 Å². The molecule has 0 aliphatic heterocycles. The van der Waals surface area contributed by atoms with E-state index in [2.05, 4.69) is 17.6 Å². The Kier molecular flexibility index (Phi) is 2.88. The first-order chi connectivity index (χ1) is 5.84. The van der Waals surface area contributed by atoms with E-state index < -0.39 is 0 Å². The number of hydrogen-bond donors (Lipinski definition) is 1. The first kappa shape index (κ1) is 8.31. The third-order valence-corrected chi connectivity index (χ3v) is 1.34.